The van der Waals surface area contributed by atoms with Crippen LogP contribution in [0.2, 0.25) is 0 Å². The topological polar surface area (TPSA) is 73.8 Å². The van der Waals surface area contributed by atoms with Crippen LogP contribution in [0.4, 0.5) is 0 Å². The molecule has 2 spiro atoms. The van der Waals surface area contributed by atoms with Crippen molar-refractivity contribution in [3.05, 3.63) is 0 Å². The minimum Gasteiger partial charge on any atom is -0.335 e. The summed E-state index contributed by atoms with van der Waals surface area (Å²) >= 11 is 0. The highest BCUT2D eigenvalue weighted by atomic mass is 32.1. The van der Waals surface area contributed by atoms with Crippen LogP contribution in [0.15, 0.2) is 0 Å². The first kappa shape index (κ1) is 16.8. The smallest absolute Gasteiger partial charge is 0.256 e. The van der Waals surface area contributed by atoms with E-state index in [0.717, 1.165) is 0 Å². The largest absolute Gasteiger partial charge is 0.335 e. The summed E-state index contributed by atoms with van der Waals surface area (Å²) < 4.78 is 45.1. The monoisotopic (exact) mass is 390 g/mol. The average molecular weight is 390 g/mol. The Hall–Kier alpha value is 1.40. The molecule has 4 fully saturated rings. The van der Waals surface area contributed by atoms with Crippen molar-refractivity contribution in [2.24, 2.45) is 10.8 Å². The molecule has 0 unspecified atom stereocenters. The lowest BCUT2D eigenvalue weighted by atomic mass is 9.93. The minimum atomic E-state index is -1.15. The SMILES string of the molecule is C1OPOCC12COP(P1OCC3(COPOC3)CO1)OC2. The first-order chi connectivity index (χ1) is 10.8. The molecule has 12 heteroatoms. The molecule has 0 atom stereocenters. The molecule has 4 aliphatic rings. The lowest BCUT2D eigenvalue weighted by molar-refractivity contribution is -0.0562. The molecule has 0 saturated carbocycles. The highest BCUT2D eigenvalue weighted by molar-refractivity contribution is 8.21. The molecule has 4 saturated heterocycles. The van der Waals surface area contributed by atoms with Crippen molar-refractivity contribution < 1.29 is 36.2 Å². The third-order valence-electron chi connectivity index (χ3n) is 3.81. The molecule has 0 aromatic rings. The summed E-state index contributed by atoms with van der Waals surface area (Å²) in [6.07, 6.45) is 0. The van der Waals surface area contributed by atoms with E-state index in [1.165, 1.54) is 0 Å². The molecule has 0 aromatic heterocycles. The highest BCUT2D eigenvalue weighted by Crippen LogP contribution is 2.75. The Morgan fingerprint density at radius 3 is 1.14 bits per heavy atom. The molecule has 8 nitrogen and oxygen atoms in total. The predicted molar refractivity (Wildman–Crippen MR) is 83.0 cm³/mol. The van der Waals surface area contributed by atoms with Gasteiger partial charge in [0.2, 0.25) is 0 Å². The second kappa shape index (κ2) is 7.33. The number of rotatable bonds is 1. The van der Waals surface area contributed by atoms with Crippen LogP contribution in [0.3, 0.4) is 0 Å². The van der Waals surface area contributed by atoms with Crippen LogP contribution in [0, 0.1) is 10.8 Å². The summed E-state index contributed by atoms with van der Waals surface area (Å²) in [6, 6.07) is 0. The van der Waals surface area contributed by atoms with Gasteiger partial charge < -0.3 is 36.2 Å². The van der Waals surface area contributed by atoms with Gasteiger partial charge in [0, 0.05) is 0 Å². The van der Waals surface area contributed by atoms with Crippen molar-refractivity contribution in [2.75, 3.05) is 52.9 Å². The fourth-order valence-corrected chi connectivity index (χ4v) is 7.86. The van der Waals surface area contributed by atoms with Gasteiger partial charge in [-0.05, 0) is 0 Å². The normalized spacial score (nSPS) is 49.1. The van der Waals surface area contributed by atoms with E-state index in [-0.39, 0.29) is 28.9 Å². The van der Waals surface area contributed by atoms with Crippen LogP contribution < -0.4 is 0 Å². The van der Waals surface area contributed by atoms with Crippen molar-refractivity contribution in [1.82, 2.24) is 0 Å². The van der Waals surface area contributed by atoms with Crippen molar-refractivity contribution in [1.29, 1.82) is 0 Å². The van der Waals surface area contributed by atoms with Gasteiger partial charge >= 0.3 is 0 Å². The maximum atomic E-state index is 5.89. The third-order valence-corrected chi connectivity index (χ3v) is 8.71. The molecular formula is C10H18O8P4. The predicted octanol–water partition coefficient (Wildman–Crippen LogP) is 2.70. The van der Waals surface area contributed by atoms with Crippen molar-refractivity contribution in [3.63, 3.8) is 0 Å². The van der Waals surface area contributed by atoms with Gasteiger partial charge in [-0.1, -0.05) is 0 Å². The summed E-state index contributed by atoms with van der Waals surface area (Å²) in [5.41, 5.74) is -0.356. The second-order valence-corrected chi connectivity index (χ2v) is 11.3. The van der Waals surface area contributed by atoms with E-state index in [9.17, 15) is 0 Å². The Morgan fingerprint density at radius 2 is 0.818 bits per heavy atom. The molecular weight excluding hydrogens is 372 g/mol. The molecule has 0 aliphatic carbocycles. The number of hydrogen-bond acceptors (Lipinski definition) is 8. The Morgan fingerprint density at radius 1 is 0.500 bits per heavy atom. The zero-order valence-corrected chi connectivity index (χ0v) is 15.6. The van der Waals surface area contributed by atoms with Crippen molar-refractivity contribution >= 4 is 34.2 Å². The maximum absolute atomic E-state index is 5.89. The van der Waals surface area contributed by atoms with E-state index in [1.807, 2.05) is 0 Å². The molecule has 0 amide bonds. The molecule has 0 bridgehead atoms. The van der Waals surface area contributed by atoms with Crippen LogP contribution in [0.1, 0.15) is 0 Å². The first-order valence-corrected chi connectivity index (χ1v) is 11.6. The van der Waals surface area contributed by atoms with Crippen molar-refractivity contribution in [2.45, 2.75) is 0 Å². The van der Waals surface area contributed by atoms with E-state index >= 15 is 0 Å². The summed E-state index contributed by atoms with van der Waals surface area (Å²) in [6.45, 7) is 4.72. The zero-order chi connectivity index (χ0) is 14.9. The fourth-order valence-electron chi connectivity index (χ4n) is 2.35. The van der Waals surface area contributed by atoms with Crippen LogP contribution in [0.25, 0.3) is 0 Å². The average Bonchev–Trinajstić information content (AvgIpc) is 2.58. The van der Waals surface area contributed by atoms with E-state index in [0.29, 0.717) is 52.9 Å². The Bertz CT molecular complexity index is 333. The third kappa shape index (κ3) is 3.65. The molecule has 4 rings (SSSR count). The first-order valence-electron chi connectivity index (χ1n) is 6.88. The molecule has 22 heavy (non-hydrogen) atoms. The van der Waals surface area contributed by atoms with Gasteiger partial charge in [0.15, 0.2) is 18.1 Å². The zero-order valence-electron chi connectivity index (χ0n) is 11.8. The maximum Gasteiger partial charge on any atom is 0.256 e. The second-order valence-electron chi connectivity index (χ2n) is 5.89. The lowest BCUT2D eigenvalue weighted by Crippen LogP contribution is -2.45. The van der Waals surface area contributed by atoms with Crippen LogP contribution >= 0.6 is 34.2 Å². The van der Waals surface area contributed by atoms with Crippen LogP contribution in [-0.4, -0.2) is 52.9 Å². The Kier molecular flexibility index (Phi) is 5.62. The fraction of sp³-hybridized carbons (Fsp3) is 1.00. The molecule has 4 heterocycles. The van der Waals surface area contributed by atoms with Gasteiger partial charge in [-0.25, -0.2) is 0 Å². The van der Waals surface area contributed by atoms with Gasteiger partial charge in [-0.15, -0.1) is 0 Å². The van der Waals surface area contributed by atoms with E-state index < -0.39 is 16.1 Å². The molecule has 0 N–H and O–H groups in total. The molecule has 4 aliphatic heterocycles. The van der Waals surface area contributed by atoms with Gasteiger partial charge in [-0.2, -0.15) is 0 Å². The highest BCUT2D eigenvalue weighted by Gasteiger charge is 2.48. The van der Waals surface area contributed by atoms with E-state index in [4.69, 9.17) is 36.2 Å². The number of hydrogen-bond donors (Lipinski definition) is 0. The minimum absolute atomic E-state index is 0.123. The lowest BCUT2D eigenvalue weighted by Gasteiger charge is -2.44. The van der Waals surface area contributed by atoms with Crippen molar-refractivity contribution in [3.8, 4) is 0 Å². The summed E-state index contributed by atoms with van der Waals surface area (Å²) in [7, 11) is -2.05. The van der Waals surface area contributed by atoms with E-state index in [2.05, 4.69) is 0 Å². The van der Waals surface area contributed by atoms with Gasteiger partial charge in [0.1, 0.15) is 0 Å². The molecule has 0 radical (unpaired) electrons. The van der Waals surface area contributed by atoms with Gasteiger partial charge in [-0.3, -0.25) is 0 Å². The summed E-state index contributed by atoms with van der Waals surface area (Å²) in [5.74, 6) is 0. The molecule has 126 valence electrons. The van der Waals surface area contributed by atoms with Crippen LogP contribution in [-0.2, 0) is 36.2 Å². The summed E-state index contributed by atoms with van der Waals surface area (Å²) in [5, 5.41) is 0. The summed E-state index contributed by atoms with van der Waals surface area (Å²) in [4.78, 5) is 0. The molecule has 0 aromatic carbocycles. The van der Waals surface area contributed by atoms with Crippen LogP contribution in [0.5, 0.6) is 0 Å². The standard InChI is InChI=1S/C10H18O8P4/c1-9(2-12-19-11-1)5-15-21(16-6-9)22-17-7-10(8-18-22)3-13-20-14-4-10/h19-20H,1-8H2. The van der Waals surface area contributed by atoms with E-state index in [1.54, 1.807) is 0 Å². The Labute approximate surface area is 134 Å². The Balaban J connectivity index is 1.28. The van der Waals surface area contributed by atoms with Gasteiger partial charge in [0.05, 0.1) is 63.7 Å². The van der Waals surface area contributed by atoms with Gasteiger partial charge in [0.25, 0.3) is 16.1 Å². The quantitative estimate of drug-likeness (QED) is 0.633.